The van der Waals surface area contributed by atoms with Crippen molar-refractivity contribution in [3.63, 3.8) is 0 Å². The van der Waals surface area contributed by atoms with Gasteiger partial charge in [-0.2, -0.15) is 0 Å². The zero-order valence-electron chi connectivity index (χ0n) is 11.1. The van der Waals surface area contributed by atoms with Crippen LogP contribution in [-0.4, -0.2) is 17.1 Å². The van der Waals surface area contributed by atoms with Crippen LogP contribution >= 0.6 is 0 Å². The van der Waals surface area contributed by atoms with E-state index in [4.69, 9.17) is 5.73 Å². The van der Waals surface area contributed by atoms with Gasteiger partial charge in [0.15, 0.2) is 0 Å². The number of carboxylic acids is 1. The Morgan fingerprint density at radius 2 is 1.48 bits per heavy atom. The van der Waals surface area contributed by atoms with E-state index in [2.05, 4.69) is 10.6 Å². The Morgan fingerprint density at radius 3 is 2.00 bits per heavy atom. The van der Waals surface area contributed by atoms with Crippen molar-refractivity contribution in [3.8, 4) is 0 Å². The van der Waals surface area contributed by atoms with Crippen LogP contribution in [0.1, 0.15) is 5.56 Å². The summed E-state index contributed by atoms with van der Waals surface area (Å²) >= 11 is 0. The van der Waals surface area contributed by atoms with Crippen LogP contribution in [0.5, 0.6) is 0 Å². The lowest BCUT2D eigenvalue weighted by Crippen LogP contribution is -2.59. The molecule has 21 heavy (non-hydrogen) atoms. The van der Waals surface area contributed by atoms with Gasteiger partial charge >= 0.3 is 12.0 Å². The number of carbonyl (C=O) groups excluding carboxylic acids is 1. The highest BCUT2D eigenvalue weighted by atomic mass is 16.4. The quantitative estimate of drug-likeness (QED) is 0.642. The van der Waals surface area contributed by atoms with Gasteiger partial charge in [0.1, 0.15) is 0 Å². The maximum atomic E-state index is 11.9. The number of benzene rings is 2. The number of carboxylic acid groups (broad SMARTS) is 1. The van der Waals surface area contributed by atoms with Crippen LogP contribution in [-0.2, 0) is 10.5 Å². The van der Waals surface area contributed by atoms with Crippen molar-refractivity contribution in [1.29, 1.82) is 0 Å². The van der Waals surface area contributed by atoms with Crippen LogP contribution in [0.25, 0.3) is 0 Å². The smallest absolute Gasteiger partial charge is 0.349 e. The van der Waals surface area contributed by atoms with E-state index in [-0.39, 0.29) is 5.56 Å². The number of hydrogen-bond acceptors (Lipinski definition) is 3. The summed E-state index contributed by atoms with van der Waals surface area (Å²) in [7, 11) is 0. The average molecular weight is 285 g/mol. The van der Waals surface area contributed by atoms with Gasteiger partial charge in [-0.25, -0.2) is 9.59 Å². The summed E-state index contributed by atoms with van der Waals surface area (Å²) in [5.74, 6) is -1.35. The molecule has 0 aliphatic carbocycles. The van der Waals surface area contributed by atoms with Crippen molar-refractivity contribution in [2.75, 3.05) is 5.32 Å². The molecule has 5 N–H and O–H groups in total. The minimum Gasteiger partial charge on any atom is -0.478 e. The van der Waals surface area contributed by atoms with E-state index in [0.717, 1.165) is 0 Å². The predicted molar refractivity (Wildman–Crippen MR) is 78.5 cm³/mol. The molecule has 0 bridgehead atoms. The summed E-state index contributed by atoms with van der Waals surface area (Å²) < 4.78 is 0. The molecular formula is C15H15N3O3. The van der Waals surface area contributed by atoms with Crippen molar-refractivity contribution in [2.45, 2.75) is 5.66 Å². The molecule has 1 atom stereocenters. The number of rotatable bonds is 4. The van der Waals surface area contributed by atoms with E-state index in [0.29, 0.717) is 5.69 Å². The number of amides is 2. The molecule has 0 aliphatic rings. The molecule has 2 aromatic carbocycles. The number of nitrogens with two attached hydrogens (primary N) is 1. The second kappa shape index (κ2) is 6.06. The molecule has 2 rings (SSSR count). The molecular weight excluding hydrogens is 270 g/mol. The first kappa shape index (κ1) is 14.5. The molecule has 0 aromatic heterocycles. The van der Waals surface area contributed by atoms with E-state index in [9.17, 15) is 14.7 Å². The van der Waals surface area contributed by atoms with Gasteiger partial charge in [0, 0.05) is 11.3 Å². The van der Waals surface area contributed by atoms with Gasteiger partial charge in [0.05, 0.1) is 0 Å². The summed E-state index contributed by atoms with van der Waals surface area (Å²) in [6, 6.07) is 16.1. The van der Waals surface area contributed by atoms with E-state index in [1.807, 2.05) is 0 Å². The maximum Gasteiger partial charge on any atom is 0.349 e. The van der Waals surface area contributed by atoms with Crippen molar-refractivity contribution >= 4 is 17.7 Å². The fraction of sp³-hybridized carbons (Fsp3) is 0.0667. The minimum absolute atomic E-state index is 0.278. The maximum absolute atomic E-state index is 11.9. The minimum atomic E-state index is -2.00. The van der Waals surface area contributed by atoms with Gasteiger partial charge < -0.3 is 15.7 Å². The third kappa shape index (κ3) is 3.37. The highest BCUT2D eigenvalue weighted by Crippen LogP contribution is 2.16. The van der Waals surface area contributed by atoms with Gasteiger partial charge in [-0.1, -0.05) is 48.5 Å². The Balaban J connectivity index is 2.17. The first-order chi connectivity index (χ1) is 10.0. The molecule has 6 heteroatoms. The topological polar surface area (TPSA) is 104 Å². The summed E-state index contributed by atoms with van der Waals surface area (Å²) in [4.78, 5) is 23.4. The number of aliphatic carboxylic acids is 1. The first-order valence-electron chi connectivity index (χ1n) is 6.24. The van der Waals surface area contributed by atoms with Gasteiger partial charge in [0.2, 0.25) is 5.66 Å². The van der Waals surface area contributed by atoms with Crippen LogP contribution in [0.15, 0.2) is 60.7 Å². The zero-order valence-corrected chi connectivity index (χ0v) is 11.1. The molecule has 6 nitrogen and oxygen atoms in total. The lowest BCUT2D eigenvalue weighted by Gasteiger charge is -2.26. The monoisotopic (exact) mass is 285 g/mol. The standard InChI is InChI=1S/C15H15N3O3/c16-15(13(19)20,11-7-3-1-4-8-11)18-14(21)17-12-9-5-2-6-10-12/h1-10H,16H2,(H,19,20)(H2,17,18,21). The van der Waals surface area contributed by atoms with Gasteiger partial charge in [0.25, 0.3) is 0 Å². The molecule has 0 radical (unpaired) electrons. The molecule has 0 saturated carbocycles. The fourth-order valence-electron chi connectivity index (χ4n) is 1.81. The Morgan fingerprint density at radius 1 is 0.952 bits per heavy atom. The first-order valence-corrected chi connectivity index (χ1v) is 6.24. The second-order valence-electron chi connectivity index (χ2n) is 4.42. The summed E-state index contributed by atoms with van der Waals surface area (Å²) in [5, 5.41) is 14.1. The van der Waals surface area contributed by atoms with E-state index >= 15 is 0 Å². The Labute approximate surface area is 121 Å². The number of urea groups is 1. The molecule has 108 valence electrons. The van der Waals surface area contributed by atoms with Crippen molar-refractivity contribution in [3.05, 3.63) is 66.2 Å². The van der Waals surface area contributed by atoms with Crippen molar-refractivity contribution in [1.82, 2.24) is 5.32 Å². The number of carbonyl (C=O) groups is 2. The lowest BCUT2D eigenvalue weighted by molar-refractivity contribution is -0.144. The third-order valence-electron chi connectivity index (χ3n) is 2.91. The van der Waals surface area contributed by atoms with Crippen LogP contribution in [0, 0.1) is 0 Å². The summed E-state index contributed by atoms with van der Waals surface area (Å²) in [6.45, 7) is 0. The Kier molecular flexibility index (Phi) is 4.20. The van der Waals surface area contributed by atoms with Gasteiger partial charge in [-0.05, 0) is 12.1 Å². The number of nitrogens with one attached hydrogen (secondary N) is 2. The van der Waals surface area contributed by atoms with Gasteiger partial charge in [-0.15, -0.1) is 0 Å². The lowest BCUT2D eigenvalue weighted by atomic mass is 10.0. The zero-order chi connectivity index (χ0) is 15.3. The number of para-hydroxylation sites is 1. The van der Waals surface area contributed by atoms with Crippen LogP contribution in [0.2, 0.25) is 0 Å². The number of anilines is 1. The Hall–Kier alpha value is -2.86. The van der Waals surface area contributed by atoms with Crippen LogP contribution in [0.3, 0.4) is 0 Å². The largest absolute Gasteiger partial charge is 0.478 e. The van der Waals surface area contributed by atoms with E-state index < -0.39 is 17.7 Å². The highest BCUT2D eigenvalue weighted by molar-refractivity contribution is 5.94. The molecule has 0 spiro atoms. The summed E-state index contributed by atoms with van der Waals surface area (Å²) in [5.41, 5.74) is 4.66. The van der Waals surface area contributed by atoms with E-state index in [1.54, 1.807) is 48.5 Å². The third-order valence-corrected chi connectivity index (χ3v) is 2.91. The fourth-order valence-corrected chi connectivity index (χ4v) is 1.81. The molecule has 2 aromatic rings. The van der Waals surface area contributed by atoms with Crippen molar-refractivity contribution < 1.29 is 14.7 Å². The normalized spacial score (nSPS) is 13.0. The molecule has 0 saturated heterocycles. The molecule has 0 aliphatic heterocycles. The van der Waals surface area contributed by atoms with Crippen LogP contribution in [0.4, 0.5) is 10.5 Å². The molecule has 0 fully saturated rings. The van der Waals surface area contributed by atoms with Crippen molar-refractivity contribution in [2.24, 2.45) is 5.73 Å². The van der Waals surface area contributed by atoms with Crippen LogP contribution < -0.4 is 16.4 Å². The number of hydrogen-bond donors (Lipinski definition) is 4. The van der Waals surface area contributed by atoms with E-state index in [1.165, 1.54) is 12.1 Å². The van der Waals surface area contributed by atoms with Gasteiger partial charge in [-0.3, -0.25) is 5.73 Å². The Bertz CT molecular complexity index is 631. The summed E-state index contributed by atoms with van der Waals surface area (Å²) in [6.07, 6.45) is 0. The molecule has 0 heterocycles. The average Bonchev–Trinajstić information content (AvgIpc) is 2.48. The second-order valence-corrected chi connectivity index (χ2v) is 4.42. The SMILES string of the molecule is NC(NC(=O)Nc1ccccc1)(C(=O)O)c1ccccc1. The predicted octanol–water partition coefficient (Wildman–Crippen LogP) is 1.70. The molecule has 2 amide bonds. The highest BCUT2D eigenvalue weighted by Gasteiger charge is 2.37. The molecule has 1 unspecified atom stereocenters.